The summed E-state index contributed by atoms with van der Waals surface area (Å²) >= 11 is 0. The highest BCUT2D eigenvalue weighted by Gasteiger charge is 2.38. The van der Waals surface area contributed by atoms with E-state index in [-0.39, 0.29) is 17.8 Å². The van der Waals surface area contributed by atoms with Crippen molar-refractivity contribution in [3.05, 3.63) is 114 Å². The van der Waals surface area contributed by atoms with Crippen LogP contribution in [0.5, 0.6) is 5.75 Å². The molecule has 2 fully saturated rings. The van der Waals surface area contributed by atoms with Gasteiger partial charge >= 0.3 is 0 Å². The molecule has 2 saturated heterocycles. The van der Waals surface area contributed by atoms with Crippen LogP contribution in [0.25, 0.3) is 10.8 Å². The lowest BCUT2D eigenvalue weighted by atomic mass is 9.71. The average molecular weight is 639 g/mol. The van der Waals surface area contributed by atoms with Crippen LogP contribution in [0, 0.1) is 11.8 Å². The minimum absolute atomic E-state index is 0.0524. The molecule has 47 heavy (non-hydrogen) atoms. The molecule has 0 aliphatic carbocycles. The van der Waals surface area contributed by atoms with E-state index in [0.717, 1.165) is 63.7 Å². The molecule has 2 aliphatic rings. The lowest BCUT2D eigenvalue weighted by Gasteiger charge is -2.41. The maximum Gasteiger partial charge on any atom is 0.119 e. The third-order valence-electron chi connectivity index (χ3n) is 9.57. The molecule has 0 spiro atoms. The summed E-state index contributed by atoms with van der Waals surface area (Å²) in [6.07, 6.45) is 0.957. The number of piperidine rings is 1. The normalized spacial score (nSPS) is 21.1. The summed E-state index contributed by atoms with van der Waals surface area (Å²) in [7, 11) is 0. The van der Waals surface area contributed by atoms with Crippen LogP contribution in [0.1, 0.15) is 29.0 Å². The van der Waals surface area contributed by atoms with Gasteiger partial charge in [-0.15, -0.1) is 0 Å². The van der Waals surface area contributed by atoms with Gasteiger partial charge < -0.3 is 29.4 Å². The van der Waals surface area contributed by atoms with Crippen molar-refractivity contribution in [3.63, 3.8) is 0 Å². The monoisotopic (exact) mass is 638 g/mol. The molecule has 6 rings (SSSR count). The fourth-order valence-electron chi connectivity index (χ4n) is 7.01. The summed E-state index contributed by atoms with van der Waals surface area (Å²) in [4.78, 5) is 2.41. The van der Waals surface area contributed by atoms with E-state index in [2.05, 4.69) is 89.1 Å². The fraction of sp³-hybridized carbons (Fsp3) is 0.450. The Morgan fingerprint density at radius 1 is 0.787 bits per heavy atom. The average Bonchev–Trinajstić information content (AvgIpc) is 3.12. The third-order valence-corrected chi connectivity index (χ3v) is 9.57. The Hall–Kier alpha value is -3.30. The molecule has 4 atom stereocenters. The van der Waals surface area contributed by atoms with E-state index in [1.54, 1.807) is 0 Å². The molecule has 2 heterocycles. The van der Waals surface area contributed by atoms with E-state index < -0.39 is 6.10 Å². The van der Waals surface area contributed by atoms with Gasteiger partial charge in [0.1, 0.15) is 5.75 Å². The molecular weight excluding hydrogens is 588 g/mol. The highest BCUT2D eigenvalue weighted by atomic mass is 16.5. The first-order valence-corrected chi connectivity index (χ1v) is 17.3. The summed E-state index contributed by atoms with van der Waals surface area (Å²) in [5.74, 6) is 1.32. The summed E-state index contributed by atoms with van der Waals surface area (Å²) in [6.45, 7) is 9.33. The molecule has 7 nitrogen and oxygen atoms in total. The minimum atomic E-state index is -0.489. The van der Waals surface area contributed by atoms with Crippen LogP contribution < -0.4 is 10.1 Å². The number of aliphatic hydroxyl groups excluding tert-OH is 1. The first-order chi connectivity index (χ1) is 23.2. The van der Waals surface area contributed by atoms with Gasteiger partial charge in [0.15, 0.2) is 0 Å². The molecular formula is C40H50N2O5. The van der Waals surface area contributed by atoms with Crippen molar-refractivity contribution in [2.75, 3.05) is 72.4 Å². The quantitative estimate of drug-likeness (QED) is 0.153. The highest BCUT2D eigenvalue weighted by Crippen LogP contribution is 2.38. The van der Waals surface area contributed by atoms with Crippen LogP contribution in [-0.4, -0.2) is 88.5 Å². The Balaban J connectivity index is 1.07. The molecule has 0 amide bonds. The molecule has 7 heteroatoms. The van der Waals surface area contributed by atoms with Crippen LogP contribution in [0.3, 0.4) is 0 Å². The highest BCUT2D eigenvalue weighted by molar-refractivity contribution is 5.83. The summed E-state index contributed by atoms with van der Waals surface area (Å²) < 4.78 is 23.7. The van der Waals surface area contributed by atoms with E-state index in [0.29, 0.717) is 39.5 Å². The van der Waals surface area contributed by atoms with E-state index in [1.165, 1.54) is 21.9 Å². The van der Waals surface area contributed by atoms with E-state index in [9.17, 15) is 5.11 Å². The lowest BCUT2D eigenvalue weighted by Crippen LogP contribution is -2.49. The van der Waals surface area contributed by atoms with Gasteiger partial charge in [-0.1, -0.05) is 84.9 Å². The van der Waals surface area contributed by atoms with Gasteiger partial charge in [0.25, 0.3) is 0 Å². The Morgan fingerprint density at radius 3 is 2.40 bits per heavy atom. The number of nitrogens with zero attached hydrogens (tertiary/aromatic N) is 1. The molecule has 0 saturated carbocycles. The zero-order chi connectivity index (χ0) is 32.1. The fourth-order valence-corrected chi connectivity index (χ4v) is 7.01. The maximum absolute atomic E-state index is 11.8. The lowest BCUT2D eigenvalue weighted by molar-refractivity contribution is 0.00150. The standard InChI is InChI=1S/C40H50N2O5/c43-39(26-32-11-12-33-9-4-5-10-35(33)25-32)38-28-41-27-36(30-46-24-19-42-17-22-44-23-18-42)40(38)34-13-15-37(16-14-34)47-21-6-20-45-29-31-7-2-1-3-8-31/h1-5,7-16,25,36,38-41,43H,6,17-24,26-30H2. The number of fused-ring (bicyclic) bond motifs is 1. The van der Waals surface area contributed by atoms with E-state index >= 15 is 0 Å². The van der Waals surface area contributed by atoms with Crippen molar-refractivity contribution < 1.29 is 24.1 Å². The van der Waals surface area contributed by atoms with Gasteiger partial charge in [0.05, 0.1) is 52.4 Å². The van der Waals surface area contributed by atoms with Crippen molar-refractivity contribution in [2.45, 2.75) is 31.5 Å². The first kappa shape index (κ1) is 33.6. The number of hydrogen-bond donors (Lipinski definition) is 2. The Kier molecular flexibility index (Phi) is 12.7. The molecule has 4 aromatic carbocycles. The largest absolute Gasteiger partial charge is 0.494 e. The zero-order valence-corrected chi connectivity index (χ0v) is 27.5. The second-order valence-corrected chi connectivity index (χ2v) is 12.9. The molecule has 0 bridgehead atoms. The number of morpholine rings is 1. The maximum atomic E-state index is 11.8. The topological polar surface area (TPSA) is 72.4 Å². The Morgan fingerprint density at radius 2 is 1.57 bits per heavy atom. The van der Waals surface area contributed by atoms with E-state index in [4.69, 9.17) is 18.9 Å². The summed E-state index contributed by atoms with van der Waals surface area (Å²) in [5.41, 5.74) is 3.58. The van der Waals surface area contributed by atoms with Crippen LogP contribution in [0.15, 0.2) is 97.1 Å². The van der Waals surface area contributed by atoms with Crippen molar-refractivity contribution in [1.82, 2.24) is 10.2 Å². The predicted molar refractivity (Wildman–Crippen MR) is 187 cm³/mol. The third kappa shape index (κ3) is 9.86. The van der Waals surface area contributed by atoms with Crippen LogP contribution in [-0.2, 0) is 27.2 Å². The number of rotatable bonds is 16. The summed E-state index contributed by atoms with van der Waals surface area (Å²) in [5, 5.41) is 17.8. The summed E-state index contributed by atoms with van der Waals surface area (Å²) in [6, 6.07) is 33.7. The molecule has 250 valence electrons. The zero-order valence-electron chi connectivity index (χ0n) is 27.5. The Labute approximate surface area is 279 Å². The first-order valence-electron chi connectivity index (χ1n) is 17.3. The second kappa shape index (κ2) is 17.7. The van der Waals surface area contributed by atoms with Crippen LogP contribution >= 0.6 is 0 Å². The smallest absolute Gasteiger partial charge is 0.119 e. The number of ether oxygens (including phenoxy) is 4. The van der Waals surface area contributed by atoms with Crippen LogP contribution in [0.4, 0.5) is 0 Å². The molecule has 4 aromatic rings. The molecule has 0 aromatic heterocycles. The Bertz CT molecular complexity index is 1480. The van der Waals surface area contributed by atoms with Crippen molar-refractivity contribution in [2.24, 2.45) is 11.8 Å². The number of aliphatic hydroxyl groups is 1. The molecule has 0 radical (unpaired) electrons. The second-order valence-electron chi connectivity index (χ2n) is 12.9. The van der Waals surface area contributed by atoms with Crippen LogP contribution in [0.2, 0.25) is 0 Å². The number of benzene rings is 4. The molecule has 2 aliphatic heterocycles. The van der Waals surface area contributed by atoms with Gasteiger partial charge in [-0.05, 0) is 51.9 Å². The predicted octanol–water partition coefficient (Wildman–Crippen LogP) is 5.70. The molecule has 4 unspecified atom stereocenters. The van der Waals surface area contributed by atoms with E-state index in [1.807, 2.05) is 18.2 Å². The van der Waals surface area contributed by atoms with Gasteiger partial charge in [0.2, 0.25) is 0 Å². The van der Waals surface area contributed by atoms with Gasteiger partial charge in [-0.3, -0.25) is 4.90 Å². The van der Waals surface area contributed by atoms with Gasteiger partial charge in [-0.25, -0.2) is 0 Å². The van der Waals surface area contributed by atoms with Crippen molar-refractivity contribution >= 4 is 10.8 Å². The molecule has 2 N–H and O–H groups in total. The SMILES string of the molecule is OC(Cc1ccc2ccccc2c1)C1CNCC(COCCN2CCOCC2)C1c1ccc(OCCCOCc2ccccc2)cc1. The number of nitrogens with one attached hydrogen (secondary N) is 1. The van der Waals surface area contributed by atoms with Crippen molar-refractivity contribution in [3.8, 4) is 5.75 Å². The number of hydrogen-bond acceptors (Lipinski definition) is 7. The minimum Gasteiger partial charge on any atom is -0.494 e. The van der Waals surface area contributed by atoms with Gasteiger partial charge in [-0.2, -0.15) is 0 Å². The van der Waals surface area contributed by atoms with Gasteiger partial charge in [0, 0.05) is 51.0 Å². The van der Waals surface area contributed by atoms with Crippen molar-refractivity contribution in [1.29, 1.82) is 0 Å².